The van der Waals surface area contributed by atoms with Crippen LogP contribution in [0, 0.1) is 5.92 Å². The monoisotopic (exact) mass is 477 g/mol. The molecule has 2 heterocycles. The first-order chi connectivity index (χ1) is 17.0. The van der Waals surface area contributed by atoms with Gasteiger partial charge in [-0.05, 0) is 55.4 Å². The summed E-state index contributed by atoms with van der Waals surface area (Å²) in [4.78, 5) is 24.3. The molecule has 8 heteroatoms. The molecule has 1 atom stereocenters. The number of carbonyl (C=O) groups is 2. The predicted molar refractivity (Wildman–Crippen MR) is 139 cm³/mol. The highest BCUT2D eigenvalue weighted by Gasteiger charge is 2.29. The maximum Gasteiger partial charge on any atom is 0.319 e. The van der Waals surface area contributed by atoms with Crippen LogP contribution < -0.4 is 15.5 Å². The number of H-pyrrole nitrogens is 1. The summed E-state index contributed by atoms with van der Waals surface area (Å²) in [5.41, 5.74) is 4.48. The van der Waals surface area contributed by atoms with Crippen LogP contribution in [0.1, 0.15) is 51.0 Å². The number of urea groups is 1. The van der Waals surface area contributed by atoms with Crippen molar-refractivity contribution in [1.29, 1.82) is 0 Å². The van der Waals surface area contributed by atoms with E-state index in [0.717, 1.165) is 48.8 Å². The van der Waals surface area contributed by atoms with Gasteiger partial charge >= 0.3 is 6.03 Å². The lowest BCUT2D eigenvalue weighted by Gasteiger charge is -2.41. The zero-order valence-corrected chi connectivity index (χ0v) is 20.3. The number of hydrogen-bond donors (Lipinski definition) is 4. The average Bonchev–Trinajstić information content (AvgIpc) is 3.34. The molecular formula is C27H35N5O3. The first kappa shape index (κ1) is 24.6. The molecule has 2 aliphatic rings. The minimum atomic E-state index is -0.833. The molecule has 0 saturated heterocycles. The number of rotatable bonds is 5. The lowest BCUT2D eigenvalue weighted by molar-refractivity contribution is -0.134. The molecular weight excluding hydrogens is 442 g/mol. The largest absolute Gasteiger partial charge is 0.481 e. The number of carboxylic acids is 1. The van der Waals surface area contributed by atoms with Crippen molar-refractivity contribution < 1.29 is 14.7 Å². The summed E-state index contributed by atoms with van der Waals surface area (Å²) in [7, 11) is 0. The number of carbonyl (C=O) groups excluding carboxylic acids is 1. The molecule has 1 aliphatic heterocycles. The molecule has 3 aromatic rings. The predicted octanol–water partition coefficient (Wildman–Crippen LogP) is 5.18. The number of carboxylic acid groups (broad SMARTS) is 1. The molecule has 1 unspecified atom stereocenters. The van der Waals surface area contributed by atoms with E-state index in [1.54, 1.807) is 6.20 Å². The summed E-state index contributed by atoms with van der Waals surface area (Å²) in [5, 5.41) is 21.5. The Morgan fingerprint density at radius 3 is 2.66 bits per heavy atom. The highest BCUT2D eigenvalue weighted by atomic mass is 16.4. The number of aryl methyl sites for hydroxylation is 1. The van der Waals surface area contributed by atoms with Gasteiger partial charge in [0.2, 0.25) is 0 Å². The smallest absolute Gasteiger partial charge is 0.319 e. The molecule has 1 saturated carbocycles. The van der Waals surface area contributed by atoms with Gasteiger partial charge in [0.15, 0.2) is 0 Å². The second kappa shape index (κ2) is 11.7. The Morgan fingerprint density at radius 1 is 1.09 bits per heavy atom. The van der Waals surface area contributed by atoms with Crippen molar-refractivity contribution in [1.82, 2.24) is 15.5 Å². The summed E-state index contributed by atoms with van der Waals surface area (Å²) in [5.74, 6) is -0.0741. The van der Waals surface area contributed by atoms with Gasteiger partial charge in [-0.15, -0.1) is 0 Å². The van der Waals surface area contributed by atoms with Gasteiger partial charge in [0.1, 0.15) is 0 Å². The van der Waals surface area contributed by atoms with E-state index < -0.39 is 5.97 Å². The highest BCUT2D eigenvalue weighted by molar-refractivity contribution is 6.00. The van der Waals surface area contributed by atoms with Crippen molar-refractivity contribution in [2.75, 3.05) is 23.3 Å². The van der Waals surface area contributed by atoms with Gasteiger partial charge in [0.25, 0.3) is 5.97 Å². The molecule has 0 spiro atoms. The van der Waals surface area contributed by atoms with E-state index in [0.29, 0.717) is 12.6 Å². The van der Waals surface area contributed by atoms with Crippen LogP contribution in [0.3, 0.4) is 0 Å². The Morgan fingerprint density at radius 2 is 1.86 bits per heavy atom. The van der Waals surface area contributed by atoms with Crippen LogP contribution in [0.15, 0.2) is 48.7 Å². The van der Waals surface area contributed by atoms with E-state index in [9.17, 15) is 4.79 Å². The Labute approximate surface area is 206 Å². The third-order valence-corrected chi connectivity index (χ3v) is 6.90. The van der Waals surface area contributed by atoms with Gasteiger partial charge in [0, 0.05) is 37.1 Å². The maximum atomic E-state index is 12.7. The fourth-order valence-electron chi connectivity index (χ4n) is 5.24. The van der Waals surface area contributed by atoms with Crippen LogP contribution in [0.25, 0.3) is 10.9 Å². The van der Waals surface area contributed by atoms with Gasteiger partial charge in [0.05, 0.1) is 17.4 Å². The summed E-state index contributed by atoms with van der Waals surface area (Å²) in [6.45, 7) is 2.83. The Balaban J connectivity index is 0.000000672. The zero-order chi connectivity index (χ0) is 24.6. The third-order valence-electron chi connectivity index (χ3n) is 6.90. The minimum absolute atomic E-state index is 0.162. The van der Waals surface area contributed by atoms with E-state index in [1.165, 1.54) is 43.4 Å². The molecule has 35 heavy (non-hydrogen) atoms. The average molecular weight is 478 g/mol. The molecule has 5 rings (SSSR count). The van der Waals surface area contributed by atoms with E-state index in [1.807, 2.05) is 18.2 Å². The SMILES string of the molecule is CC(=O)O.O=C(NCC1CCc2ccccc2N1CC1CCCCC1)Nc1cccc2[nH]ncc12. The number of fused-ring (bicyclic) bond motifs is 2. The first-order valence-electron chi connectivity index (χ1n) is 12.5. The summed E-state index contributed by atoms with van der Waals surface area (Å²) in [6.07, 6.45) is 10.6. The number of hydrogen-bond acceptors (Lipinski definition) is 4. The van der Waals surface area contributed by atoms with Crippen LogP contribution >= 0.6 is 0 Å². The molecule has 1 aromatic heterocycles. The highest BCUT2D eigenvalue weighted by Crippen LogP contribution is 2.34. The Hall–Kier alpha value is -3.55. The van der Waals surface area contributed by atoms with E-state index in [4.69, 9.17) is 9.90 Å². The van der Waals surface area contributed by atoms with Crippen LogP contribution in [0.5, 0.6) is 0 Å². The van der Waals surface area contributed by atoms with Crippen LogP contribution in [0.2, 0.25) is 0 Å². The van der Waals surface area contributed by atoms with E-state index in [-0.39, 0.29) is 6.03 Å². The minimum Gasteiger partial charge on any atom is -0.481 e. The second-order valence-corrected chi connectivity index (χ2v) is 9.47. The molecule has 8 nitrogen and oxygen atoms in total. The number of anilines is 2. The number of aliphatic carboxylic acids is 1. The van der Waals surface area contributed by atoms with Gasteiger partial charge in [-0.25, -0.2) is 4.79 Å². The lowest BCUT2D eigenvalue weighted by atomic mass is 9.87. The normalized spacial score (nSPS) is 17.7. The molecule has 1 aliphatic carbocycles. The molecule has 0 bridgehead atoms. The fourth-order valence-corrected chi connectivity index (χ4v) is 5.24. The van der Waals surface area contributed by atoms with Crippen LogP contribution in [-0.2, 0) is 11.2 Å². The number of nitrogens with zero attached hydrogens (tertiary/aromatic N) is 2. The van der Waals surface area contributed by atoms with Crippen molar-refractivity contribution >= 4 is 34.3 Å². The topological polar surface area (TPSA) is 110 Å². The molecule has 186 valence electrons. The summed E-state index contributed by atoms with van der Waals surface area (Å²) in [6, 6.07) is 14.7. The van der Waals surface area contributed by atoms with E-state index >= 15 is 0 Å². The van der Waals surface area contributed by atoms with Crippen molar-refractivity contribution in [2.24, 2.45) is 5.92 Å². The van der Waals surface area contributed by atoms with Gasteiger partial charge in [-0.1, -0.05) is 43.5 Å². The Kier molecular flexibility index (Phi) is 8.23. The molecule has 2 amide bonds. The molecule has 1 fully saturated rings. The van der Waals surface area contributed by atoms with Crippen LogP contribution in [0.4, 0.5) is 16.2 Å². The molecule has 2 aromatic carbocycles. The number of aromatic nitrogens is 2. The zero-order valence-electron chi connectivity index (χ0n) is 20.3. The summed E-state index contributed by atoms with van der Waals surface area (Å²) < 4.78 is 0. The number of amides is 2. The molecule has 4 N–H and O–H groups in total. The van der Waals surface area contributed by atoms with Crippen molar-refractivity contribution in [3.63, 3.8) is 0 Å². The van der Waals surface area contributed by atoms with Crippen molar-refractivity contribution in [3.8, 4) is 0 Å². The summed E-state index contributed by atoms with van der Waals surface area (Å²) >= 11 is 0. The number of para-hydroxylation sites is 1. The standard InChI is InChI=1S/C25H31N5O.C2H4O2/c31-25(28-22-10-6-11-23-21(22)16-27-29-23)26-15-20-14-13-19-9-4-5-12-24(19)30(20)17-18-7-2-1-3-8-18;1-2(3)4/h4-6,9-12,16,18,20H,1-3,7-8,13-15,17H2,(H,27,29)(H2,26,28,31);1H3,(H,3,4). The van der Waals surface area contributed by atoms with Gasteiger partial charge in [-0.2, -0.15) is 5.10 Å². The maximum absolute atomic E-state index is 12.7. The fraction of sp³-hybridized carbons (Fsp3) is 0.444. The number of benzene rings is 2. The lowest BCUT2D eigenvalue weighted by Crippen LogP contribution is -2.49. The van der Waals surface area contributed by atoms with Gasteiger partial charge < -0.3 is 20.6 Å². The van der Waals surface area contributed by atoms with Crippen molar-refractivity contribution in [2.45, 2.75) is 57.9 Å². The second-order valence-electron chi connectivity index (χ2n) is 9.47. The number of aromatic amines is 1. The van der Waals surface area contributed by atoms with Crippen LogP contribution in [-0.4, -0.2) is 46.4 Å². The van der Waals surface area contributed by atoms with Crippen molar-refractivity contribution in [3.05, 3.63) is 54.2 Å². The Bertz CT molecular complexity index is 1130. The number of nitrogens with one attached hydrogen (secondary N) is 3. The van der Waals surface area contributed by atoms with E-state index in [2.05, 4.69) is 50.0 Å². The molecule has 0 radical (unpaired) electrons. The first-order valence-corrected chi connectivity index (χ1v) is 12.5. The quantitative estimate of drug-likeness (QED) is 0.405. The van der Waals surface area contributed by atoms with Gasteiger partial charge in [-0.3, -0.25) is 9.89 Å². The third kappa shape index (κ3) is 6.53.